The molecule has 2 aromatic carbocycles. The van der Waals surface area contributed by atoms with Crippen LogP contribution in [0.2, 0.25) is 0 Å². The van der Waals surface area contributed by atoms with Crippen LogP contribution in [0.1, 0.15) is 5.56 Å². The van der Waals surface area contributed by atoms with E-state index in [1.165, 1.54) is 6.07 Å². The Hall–Kier alpha value is -3.75. The molecule has 0 fully saturated rings. The number of nitro benzene ring substituents is 1. The second-order valence-electron chi connectivity index (χ2n) is 5.65. The van der Waals surface area contributed by atoms with E-state index in [0.29, 0.717) is 5.69 Å². The van der Waals surface area contributed by atoms with Gasteiger partial charge in [0.1, 0.15) is 11.5 Å². The Morgan fingerprint density at radius 1 is 1.26 bits per heavy atom. The molecule has 27 heavy (non-hydrogen) atoms. The van der Waals surface area contributed by atoms with Gasteiger partial charge in [-0.2, -0.15) is 0 Å². The number of nitrogens with zero attached hydrogens (tertiary/aromatic N) is 2. The number of halogens is 1. The molecular weight excluding hydrogens is 357 g/mol. The summed E-state index contributed by atoms with van der Waals surface area (Å²) >= 11 is 0. The summed E-state index contributed by atoms with van der Waals surface area (Å²) in [5.74, 6) is -1.60. The maximum atomic E-state index is 13.2. The van der Waals surface area contributed by atoms with E-state index in [1.807, 2.05) is 31.2 Å². The van der Waals surface area contributed by atoms with Gasteiger partial charge in [-0.25, -0.2) is 4.39 Å². The van der Waals surface area contributed by atoms with Crippen LogP contribution in [0.3, 0.4) is 0 Å². The fourth-order valence-corrected chi connectivity index (χ4v) is 2.27. The normalized spacial score (nSPS) is 10.4. The van der Waals surface area contributed by atoms with Crippen LogP contribution in [0.25, 0.3) is 11.3 Å². The topological polar surface area (TPSA) is 108 Å². The molecule has 1 amide bonds. The summed E-state index contributed by atoms with van der Waals surface area (Å²) in [4.78, 5) is 22.1. The van der Waals surface area contributed by atoms with E-state index in [1.54, 1.807) is 0 Å². The van der Waals surface area contributed by atoms with Gasteiger partial charge in [-0.15, -0.1) is 0 Å². The van der Waals surface area contributed by atoms with Crippen LogP contribution in [0.15, 0.2) is 53.1 Å². The van der Waals surface area contributed by atoms with Crippen molar-refractivity contribution in [3.8, 4) is 17.0 Å². The summed E-state index contributed by atoms with van der Waals surface area (Å²) in [6.45, 7) is 1.39. The number of amides is 1. The largest absolute Gasteiger partial charge is 0.477 e. The molecule has 0 aliphatic heterocycles. The van der Waals surface area contributed by atoms with Crippen LogP contribution in [0.5, 0.6) is 5.75 Å². The first kappa shape index (κ1) is 18.1. The molecule has 0 unspecified atom stereocenters. The van der Waals surface area contributed by atoms with Crippen molar-refractivity contribution >= 4 is 17.5 Å². The molecule has 8 nitrogen and oxygen atoms in total. The molecule has 138 valence electrons. The third kappa shape index (κ3) is 4.46. The summed E-state index contributed by atoms with van der Waals surface area (Å²) in [5, 5.41) is 17.2. The Labute approximate surface area is 152 Å². The highest BCUT2D eigenvalue weighted by Gasteiger charge is 2.17. The number of benzene rings is 2. The monoisotopic (exact) mass is 371 g/mol. The molecule has 9 heteroatoms. The van der Waals surface area contributed by atoms with Gasteiger partial charge in [-0.1, -0.05) is 35.0 Å². The van der Waals surface area contributed by atoms with Gasteiger partial charge in [0.2, 0.25) is 11.6 Å². The number of aryl methyl sites for hydroxylation is 1. The van der Waals surface area contributed by atoms with Gasteiger partial charge in [-0.3, -0.25) is 20.2 Å². The van der Waals surface area contributed by atoms with Gasteiger partial charge in [0.05, 0.1) is 4.92 Å². The van der Waals surface area contributed by atoms with Crippen molar-refractivity contribution in [2.24, 2.45) is 0 Å². The van der Waals surface area contributed by atoms with Crippen molar-refractivity contribution in [3.63, 3.8) is 0 Å². The van der Waals surface area contributed by atoms with Crippen LogP contribution in [-0.4, -0.2) is 22.6 Å². The number of hydrogen-bond acceptors (Lipinski definition) is 6. The molecule has 0 aliphatic rings. The molecule has 0 bridgehead atoms. The molecule has 0 radical (unpaired) electrons. The molecule has 0 atom stereocenters. The third-order valence-electron chi connectivity index (χ3n) is 3.60. The van der Waals surface area contributed by atoms with Crippen molar-refractivity contribution in [1.82, 2.24) is 5.16 Å². The van der Waals surface area contributed by atoms with E-state index in [9.17, 15) is 19.3 Å². The fraction of sp³-hybridized carbons (Fsp3) is 0.111. The molecule has 0 aliphatic carbocycles. The fourth-order valence-electron chi connectivity index (χ4n) is 2.27. The zero-order valence-corrected chi connectivity index (χ0v) is 14.1. The molecule has 1 N–H and O–H groups in total. The highest BCUT2D eigenvalue weighted by atomic mass is 19.1. The van der Waals surface area contributed by atoms with Gasteiger partial charge in [0.25, 0.3) is 5.91 Å². The average Bonchev–Trinajstić information content (AvgIpc) is 3.08. The number of nitro groups is 1. The Kier molecular flexibility index (Phi) is 5.11. The summed E-state index contributed by atoms with van der Waals surface area (Å²) in [6.07, 6.45) is 0. The number of aromatic nitrogens is 1. The van der Waals surface area contributed by atoms with Gasteiger partial charge >= 0.3 is 5.69 Å². The summed E-state index contributed by atoms with van der Waals surface area (Å²) in [7, 11) is 0. The standard InChI is InChI=1S/C18H14FN3O5/c1-11-2-4-12(5-3-11)14-9-18(27-21-14)20-17(23)10-26-16-8-13(19)6-7-15(16)22(24)25/h2-9H,10H2,1H3,(H,20,23). The minimum atomic E-state index is -0.725. The van der Waals surface area contributed by atoms with Crippen molar-refractivity contribution in [3.05, 3.63) is 70.0 Å². The number of nitrogens with one attached hydrogen (secondary N) is 1. The Morgan fingerprint density at radius 3 is 2.70 bits per heavy atom. The molecule has 3 rings (SSSR count). The van der Waals surface area contributed by atoms with Gasteiger partial charge in [-0.05, 0) is 13.0 Å². The summed E-state index contributed by atoms with van der Waals surface area (Å²) in [6, 6.07) is 11.8. The number of anilines is 1. The van der Waals surface area contributed by atoms with Crippen LogP contribution < -0.4 is 10.1 Å². The molecule has 0 saturated carbocycles. The van der Waals surface area contributed by atoms with Crippen molar-refractivity contribution < 1.29 is 23.4 Å². The highest BCUT2D eigenvalue weighted by Crippen LogP contribution is 2.27. The Bertz CT molecular complexity index is 985. The lowest BCUT2D eigenvalue weighted by Crippen LogP contribution is -2.20. The third-order valence-corrected chi connectivity index (χ3v) is 3.60. The van der Waals surface area contributed by atoms with Gasteiger partial charge in [0, 0.05) is 23.8 Å². The van der Waals surface area contributed by atoms with E-state index < -0.39 is 28.9 Å². The lowest BCUT2D eigenvalue weighted by molar-refractivity contribution is -0.385. The van der Waals surface area contributed by atoms with E-state index in [-0.39, 0.29) is 11.6 Å². The number of hydrogen-bond donors (Lipinski definition) is 1. The van der Waals surface area contributed by atoms with Crippen molar-refractivity contribution in [2.45, 2.75) is 6.92 Å². The maximum Gasteiger partial charge on any atom is 0.311 e. The quantitative estimate of drug-likeness (QED) is 0.523. The van der Waals surface area contributed by atoms with E-state index in [4.69, 9.17) is 9.26 Å². The van der Waals surface area contributed by atoms with Crippen LogP contribution >= 0.6 is 0 Å². The first-order valence-corrected chi connectivity index (χ1v) is 7.83. The second-order valence-corrected chi connectivity index (χ2v) is 5.65. The van der Waals surface area contributed by atoms with Crippen LogP contribution in [0.4, 0.5) is 16.0 Å². The van der Waals surface area contributed by atoms with Crippen molar-refractivity contribution in [1.29, 1.82) is 0 Å². The summed E-state index contributed by atoms with van der Waals surface area (Å²) < 4.78 is 23.4. The molecule has 0 spiro atoms. The SMILES string of the molecule is Cc1ccc(-c2cc(NC(=O)COc3cc(F)ccc3[N+](=O)[O-])on2)cc1. The van der Waals surface area contributed by atoms with Crippen LogP contribution in [-0.2, 0) is 4.79 Å². The Balaban J connectivity index is 1.63. The first-order valence-electron chi connectivity index (χ1n) is 7.83. The number of rotatable bonds is 6. The number of carbonyl (C=O) groups is 1. The average molecular weight is 371 g/mol. The maximum absolute atomic E-state index is 13.2. The smallest absolute Gasteiger partial charge is 0.311 e. The predicted molar refractivity (Wildman–Crippen MR) is 93.9 cm³/mol. The first-order chi connectivity index (χ1) is 12.9. The van der Waals surface area contributed by atoms with E-state index >= 15 is 0 Å². The summed E-state index contributed by atoms with van der Waals surface area (Å²) in [5.41, 5.74) is 2.01. The highest BCUT2D eigenvalue weighted by molar-refractivity contribution is 5.91. The van der Waals surface area contributed by atoms with Crippen LogP contribution in [0, 0.1) is 22.9 Å². The molecule has 1 aromatic heterocycles. The lowest BCUT2D eigenvalue weighted by atomic mass is 10.1. The second kappa shape index (κ2) is 7.65. The van der Waals surface area contributed by atoms with E-state index in [0.717, 1.165) is 29.3 Å². The zero-order valence-electron chi connectivity index (χ0n) is 14.1. The van der Waals surface area contributed by atoms with E-state index in [2.05, 4.69) is 10.5 Å². The molecule has 0 saturated heterocycles. The minimum absolute atomic E-state index is 0.0907. The minimum Gasteiger partial charge on any atom is -0.477 e. The van der Waals surface area contributed by atoms with Gasteiger partial charge in [0.15, 0.2) is 6.61 Å². The lowest BCUT2D eigenvalue weighted by Gasteiger charge is -2.06. The van der Waals surface area contributed by atoms with Crippen molar-refractivity contribution in [2.75, 3.05) is 11.9 Å². The zero-order chi connectivity index (χ0) is 19.4. The number of carbonyl (C=O) groups excluding carboxylic acids is 1. The van der Waals surface area contributed by atoms with Gasteiger partial charge < -0.3 is 9.26 Å². The molecular formula is C18H14FN3O5. The number of ether oxygens (including phenoxy) is 1. The predicted octanol–water partition coefficient (Wildman–Crippen LogP) is 3.71. The molecule has 3 aromatic rings. The molecule has 1 heterocycles. The Morgan fingerprint density at radius 2 is 2.00 bits per heavy atom.